The Balaban J connectivity index is 1.67. The van der Waals surface area contributed by atoms with E-state index in [1.165, 1.54) is 18.9 Å². The zero-order chi connectivity index (χ0) is 11.2. The first kappa shape index (κ1) is 10.1. The molecule has 86 valence electrons. The van der Waals surface area contributed by atoms with Crippen molar-refractivity contribution in [2.24, 2.45) is 11.3 Å². The first-order chi connectivity index (χ1) is 7.69. The topological polar surface area (TPSA) is 32.3 Å². The normalized spacial score (nSPS) is 22.8. The fraction of sp³-hybridized carbons (Fsp3) is 0.538. The Kier molecular flexibility index (Phi) is 2.18. The summed E-state index contributed by atoms with van der Waals surface area (Å²) in [6.45, 7) is 2.24. The zero-order valence-electron chi connectivity index (χ0n) is 9.17. The quantitative estimate of drug-likeness (QED) is 0.801. The second-order valence-corrected chi connectivity index (χ2v) is 5.32. The summed E-state index contributed by atoms with van der Waals surface area (Å²) in [6.07, 6.45) is 3.03. The van der Waals surface area contributed by atoms with Crippen LogP contribution < -0.4 is 5.32 Å². The van der Waals surface area contributed by atoms with Gasteiger partial charge in [-0.3, -0.25) is 0 Å². The lowest BCUT2D eigenvalue weighted by Gasteiger charge is -2.54. The van der Waals surface area contributed by atoms with Crippen LogP contribution >= 0.6 is 0 Å². The summed E-state index contributed by atoms with van der Waals surface area (Å²) in [5.41, 5.74) is 1.01. The number of phenolic OH excluding ortho intramolecular Hbond substituents is 1. The molecule has 3 rings (SSSR count). The number of rotatable bonds is 2. The molecule has 0 unspecified atom stereocenters. The monoisotopic (exact) mass is 221 g/mol. The van der Waals surface area contributed by atoms with Gasteiger partial charge in [0.05, 0.1) is 0 Å². The molecule has 0 radical (unpaired) electrons. The highest BCUT2D eigenvalue weighted by Crippen LogP contribution is 2.50. The molecule has 2 fully saturated rings. The lowest BCUT2D eigenvalue weighted by molar-refractivity contribution is 0.000333. The molecule has 1 saturated heterocycles. The average molecular weight is 221 g/mol. The van der Waals surface area contributed by atoms with Gasteiger partial charge in [0.15, 0.2) is 0 Å². The van der Waals surface area contributed by atoms with Gasteiger partial charge in [0, 0.05) is 18.7 Å². The van der Waals surface area contributed by atoms with Crippen LogP contribution in [0.25, 0.3) is 0 Å². The summed E-state index contributed by atoms with van der Waals surface area (Å²) in [5, 5.41) is 12.9. The summed E-state index contributed by atoms with van der Waals surface area (Å²) >= 11 is 0. The van der Waals surface area contributed by atoms with Gasteiger partial charge in [-0.05, 0) is 42.7 Å². The summed E-state index contributed by atoms with van der Waals surface area (Å²) in [4.78, 5) is 0. The average Bonchev–Trinajstić information content (AvgIpc) is 2.11. The largest absolute Gasteiger partial charge is 0.508 e. The van der Waals surface area contributed by atoms with Crippen LogP contribution in [0.2, 0.25) is 0 Å². The van der Waals surface area contributed by atoms with Crippen LogP contribution in [0.3, 0.4) is 0 Å². The zero-order valence-corrected chi connectivity index (χ0v) is 9.17. The molecule has 1 aliphatic carbocycles. The minimum absolute atomic E-state index is 0.104. The fourth-order valence-electron chi connectivity index (χ4n) is 3.11. The smallest absolute Gasteiger partial charge is 0.130 e. The number of halogens is 1. The number of benzene rings is 1. The summed E-state index contributed by atoms with van der Waals surface area (Å²) in [7, 11) is 0. The Morgan fingerprint density at radius 3 is 2.69 bits per heavy atom. The van der Waals surface area contributed by atoms with Crippen molar-refractivity contribution in [2.45, 2.75) is 19.3 Å². The molecule has 0 bridgehead atoms. The van der Waals surface area contributed by atoms with Crippen LogP contribution in [0.5, 0.6) is 5.75 Å². The fourth-order valence-corrected chi connectivity index (χ4v) is 3.11. The van der Waals surface area contributed by atoms with Crippen LogP contribution in [0.1, 0.15) is 18.4 Å². The van der Waals surface area contributed by atoms with Gasteiger partial charge in [-0.15, -0.1) is 0 Å². The molecule has 1 heterocycles. The van der Waals surface area contributed by atoms with Crippen molar-refractivity contribution >= 4 is 0 Å². The predicted octanol–water partition coefficient (Wildman–Crippen LogP) is 2.07. The van der Waals surface area contributed by atoms with Crippen LogP contribution in [0.15, 0.2) is 18.2 Å². The van der Waals surface area contributed by atoms with E-state index >= 15 is 0 Å². The number of aromatic hydroxyl groups is 1. The standard InChI is InChI=1S/C13H16FNO/c14-11-2-1-3-12(16)10(11)4-9-5-13(6-9)7-15-8-13/h1-3,9,15-16H,4-8H2. The third-order valence-electron chi connectivity index (χ3n) is 4.03. The van der Waals surface area contributed by atoms with Crippen molar-refractivity contribution < 1.29 is 9.50 Å². The van der Waals surface area contributed by atoms with Gasteiger partial charge in [0.25, 0.3) is 0 Å². The first-order valence-electron chi connectivity index (χ1n) is 5.86. The molecule has 0 amide bonds. The third-order valence-corrected chi connectivity index (χ3v) is 4.03. The highest BCUT2D eigenvalue weighted by atomic mass is 19.1. The highest BCUT2D eigenvalue weighted by molar-refractivity contribution is 5.34. The van der Waals surface area contributed by atoms with E-state index in [2.05, 4.69) is 5.32 Å². The lowest BCUT2D eigenvalue weighted by Crippen LogP contribution is -2.60. The SMILES string of the molecule is Oc1cccc(F)c1CC1CC2(CNC2)C1. The van der Waals surface area contributed by atoms with E-state index in [0.717, 1.165) is 13.1 Å². The molecule has 2 N–H and O–H groups in total. The van der Waals surface area contributed by atoms with Crippen LogP contribution in [-0.2, 0) is 6.42 Å². The van der Waals surface area contributed by atoms with Gasteiger partial charge < -0.3 is 10.4 Å². The Morgan fingerprint density at radius 1 is 1.38 bits per heavy atom. The molecule has 1 spiro atoms. The Morgan fingerprint density at radius 2 is 2.12 bits per heavy atom. The Hall–Kier alpha value is -1.09. The van der Waals surface area contributed by atoms with Gasteiger partial charge in [-0.2, -0.15) is 0 Å². The predicted molar refractivity (Wildman–Crippen MR) is 59.8 cm³/mol. The van der Waals surface area contributed by atoms with Gasteiger partial charge in [-0.1, -0.05) is 6.07 Å². The van der Waals surface area contributed by atoms with Crippen LogP contribution in [0, 0.1) is 17.2 Å². The lowest BCUT2D eigenvalue weighted by atomic mass is 9.57. The van der Waals surface area contributed by atoms with Crippen molar-refractivity contribution in [2.75, 3.05) is 13.1 Å². The minimum atomic E-state index is -0.271. The minimum Gasteiger partial charge on any atom is -0.508 e. The van der Waals surface area contributed by atoms with Crippen molar-refractivity contribution in [3.8, 4) is 5.75 Å². The van der Waals surface area contributed by atoms with Crippen LogP contribution in [0.4, 0.5) is 4.39 Å². The number of phenols is 1. The molecule has 16 heavy (non-hydrogen) atoms. The van der Waals surface area contributed by atoms with Crippen molar-refractivity contribution in [3.63, 3.8) is 0 Å². The van der Waals surface area contributed by atoms with E-state index in [4.69, 9.17) is 0 Å². The summed E-state index contributed by atoms with van der Waals surface area (Å²) in [5.74, 6) is 0.380. The summed E-state index contributed by atoms with van der Waals surface area (Å²) < 4.78 is 13.5. The molecule has 3 heteroatoms. The second kappa shape index (κ2) is 3.45. The molecule has 1 aromatic carbocycles. The van der Waals surface area contributed by atoms with Gasteiger partial charge in [0.2, 0.25) is 0 Å². The third kappa shape index (κ3) is 1.50. The number of hydrogen-bond acceptors (Lipinski definition) is 2. The maximum absolute atomic E-state index is 13.5. The van der Waals surface area contributed by atoms with Crippen molar-refractivity contribution in [3.05, 3.63) is 29.6 Å². The van der Waals surface area contributed by atoms with Gasteiger partial charge >= 0.3 is 0 Å². The molecule has 2 aliphatic rings. The molecule has 1 saturated carbocycles. The maximum Gasteiger partial charge on any atom is 0.130 e. The van der Waals surface area contributed by atoms with E-state index in [0.29, 0.717) is 23.3 Å². The van der Waals surface area contributed by atoms with E-state index in [9.17, 15) is 9.50 Å². The van der Waals surface area contributed by atoms with E-state index in [1.54, 1.807) is 12.1 Å². The molecular weight excluding hydrogens is 205 g/mol. The Bertz CT molecular complexity index is 386. The molecule has 0 aromatic heterocycles. The Labute approximate surface area is 94.5 Å². The molecular formula is C13H16FNO. The molecule has 2 nitrogen and oxygen atoms in total. The molecule has 0 atom stereocenters. The molecule has 1 aromatic rings. The van der Waals surface area contributed by atoms with Gasteiger partial charge in [0.1, 0.15) is 11.6 Å². The highest BCUT2D eigenvalue weighted by Gasteiger charge is 2.48. The van der Waals surface area contributed by atoms with E-state index in [-0.39, 0.29) is 11.6 Å². The van der Waals surface area contributed by atoms with Gasteiger partial charge in [-0.25, -0.2) is 4.39 Å². The number of nitrogens with one attached hydrogen (secondary N) is 1. The van der Waals surface area contributed by atoms with Crippen LogP contribution in [-0.4, -0.2) is 18.2 Å². The van der Waals surface area contributed by atoms with Crippen molar-refractivity contribution in [1.29, 1.82) is 0 Å². The summed E-state index contributed by atoms with van der Waals surface area (Å²) in [6, 6.07) is 4.54. The second-order valence-electron chi connectivity index (χ2n) is 5.32. The first-order valence-corrected chi connectivity index (χ1v) is 5.86. The van der Waals surface area contributed by atoms with Crippen molar-refractivity contribution in [1.82, 2.24) is 5.32 Å². The van der Waals surface area contributed by atoms with E-state index < -0.39 is 0 Å². The maximum atomic E-state index is 13.5. The molecule has 1 aliphatic heterocycles. The number of hydrogen-bond donors (Lipinski definition) is 2. The van der Waals surface area contributed by atoms with E-state index in [1.807, 2.05) is 0 Å².